The third kappa shape index (κ3) is 2.77. The Morgan fingerprint density at radius 2 is 2.06 bits per heavy atom. The molecule has 1 aliphatic rings. The van der Waals surface area contributed by atoms with E-state index in [9.17, 15) is 0 Å². The molecule has 0 bridgehead atoms. The van der Waals surface area contributed by atoms with Gasteiger partial charge in [0.15, 0.2) is 0 Å². The van der Waals surface area contributed by atoms with Gasteiger partial charge in [-0.15, -0.1) is 0 Å². The highest BCUT2D eigenvalue weighted by atomic mass is 15.3. The van der Waals surface area contributed by atoms with Gasteiger partial charge in [-0.3, -0.25) is 4.68 Å². The molecule has 0 amide bonds. The van der Waals surface area contributed by atoms with Crippen molar-refractivity contribution in [2.75, 3.05) is 0 Å². The highest BCUT2D eigenvalue weighted by Gasteiger charge is 2.33. The average molecular weight is 249 g/mol. The molecule has 102 valence electrons. The smallest absolute Gasteiger partial charge is 0.0624 e. The maximum absolute atomic E-state index is 6.49. The van der Waals surface area contributed by atoms with E-state index in [1.807, 2.05) is 11.7 Å². The van der Waals surface area contributed by atoms with E-state index < -0.39 is 0 Å². The lowest BCUT2D eigenvalue weighted by atomic mass is 9.70. The largest absolute Gasteiger partial charge is 0.327 e. The monoisotopic (exact) mass is 249 g/mol. The topological polar surface area (TPSA) is 43.8 Å². The van der Waals surface area contributed by atoms with Gasteiger partial charge < -0.3 is 5.73 Å². The highest BCUT2D eigenvalue weighted by Crippen LogP contribution is 2.38. The lowest BCUT2D eigenvalue weighted by Gasteiger charge is -2.39. The fraction of sp³-hybridized carbons (Fsp3) is 0.800. The van der Waals surface area contributed by atoms with Crippen molar-refractivity contribution >= 4 is 0 Å². The number of aryl methyl sites for hydroxylation is 2. The Bertz CT molecular complexity index is 388. The molecule has 1 aromatic heterocycles. The molecule has 2 rings (SSSR count). The van der Waals surface area contributed by atoms with Gasteiger partial charge in [-0.25, -0.2) is 0 Å². The number of nitrogens with zero attached hydrogens (tertiary/aromatic N) is 2. The minimum atomic E-state index is 0.262. The number of hydrogen-bond donors (Lipinski definition) is 1. The van der Waals surface area contributed by atoms with Crippen LogP contribution in [0.5, 0.6) is 0 Å². The van der Waals surface area contributed by atoms with Crippen molar-refractivity contribution in [1.29, 1.82) is 0 Å². The molecule has 1 aromatic rings. The van der Waals surface area contributed by atoms with Crippen LogP contribution >= 0.6 is 0 Å². The van der Waals surface area contributed by atoms with Crippen LogP contribution in [0.1, 0.15) is 57.3 Å². The van der Waals surface area contributed by atoms with Crippen LogP contribution in [0.3, 0.4) is 0 Å². The molecule has 1 atom stereocenters. The first-order valence-corrected chi connectivity index (χ1v) is 7.32. The molecule has 18 heavy (non-hydrogen) atoms. The molecular formula is C15H27N3. The molecule has 3 nitrogen and oxygen atoms in total. The first-order valence-electron chi connectivity index (χ1n) is 7.32. The van der Waals surface area contributed by atoms with E-state index in [0.29, 0.717) is 5.41 Å². The number of rotatable bonds is 4. The zero-order valence-electron chi connectivity index (χ0n) is 12.1. The van der Waals surface area contributed by atoms with Crippen molar-refractivity contribution in [3.8, 4) is 0 Å². The summed E-state index contributed by atoms with van der Waals surface area (Å²) in [5.41, 5.74) is 9.28. The van der Waals surface area contributed by atoms with Crippen molar-refractivity contribution in [2.24, 2.45) is 18.2 Å². The van der Waals surface area contributed by atoms with Crippen molar-refractivity contribution in [1.82, 2.24) is 9.78 Å². The Hall–Kier alpha value is -0.830. The molecule has 0 radical (unpaired) electrons. The zero-order valence-corrected chi connectivity index (χ0v) is 12.1. The summed E-state index contributed by atoms with van der Waals surface area (Å²) in [5.74, 6) is 0. The van der Waals surface area contributed by atoms with E-state index >= 15 is 0 Å². The van der Waals surface area contributed by atoms with E-state index in [1.165, 1.54) is 43.5 Å². The Morgan fingerprint density at radius 3 is 2.61 bits per heavy atom. The van der Waals surface area contributed by atoms with E-state index in [2.05, 4.69) is 25.0 Å². The SMILES string of the molecule is CCc1cc(CC(N)C2(C)CCCCC2)n(C)n1. The molecule has 1 aliphatic carbocycles. The Kier molecular flexibility index (Phi) is 4.10. The second-order valence-electron chi connectivity index (χ2n) is 6.13. The second kappa shape index (κ2) is 5.43. The molecule has 0 spiro atoms. The molecule has 0 aliphatic heterocycles. The summed E-state index contributed by atoms with van der Waals surface area (Å²) in [5, 5.41) is 4.51. The molecule has 1 saturated carbocycles. The van der Waals surface area contributed by atoms with Gasteiger partial charge in [-0.2, -0.15) is 5.10 Å². The molecule has 0 aromatic carbocycles. The van der Waals surface area contributed by atoms with E-state index in [-0.39, 0.29) is 6.04 Å². The van der Waals surface area contributed by atoms with Crippen molar-refractivity contribution in [3.63, 3.8) is 0 Å². The molecular weight excluding hydrogens is 222 g/mol. The van der Waals surface area contributed by atoms with E-state index in [1.54, 1.807) is 0 Å². The van der Waals surface area contributed by atoms with Crippen LogP contribution in [0.2, 0.25) is 0 Å². The number of hydrogen-bond acceptors (Lipinski definition) is 2. The highest BCUT2D eigenvalue weighted by molar-refractivity contribution is 5.12. The molecule has 1 fully saturated rings. The van der Waals surface area contributed by atoms with Gasteiger partial charge in [-0.05, 0) is 30.7 Å². The van der Waals surface area contributed by atoms with Gasteiger partial charge in [0.25, 0.3) is 0 Å². The predicted octanol–water partition coefficient (Wildman–Crippen LogP) is 2.82. The zero-order chi connectivity index (χ0) is 13.2. The van der Waals surface area contributed by atoms with Crippen molar-refractivity contribution in [2.45, 2.75) is 64.8 Å². The summed E-state index contributed by atoms with van der Waals surface area (Å²) < 4.78 is 2.00. The van der Waals surface area contributed by atoms with Crippen molar-refractivity contribution in [3.05, 3.63) is 17.5 Å². The summed E-state index contributed by atoms with van der Waals surface area (Å²) in [6.07, 6.45) is 8.60. The lowest BCUT2D eigenvalue weighted by Crippen LogP contribution is -2.42. The average Bonchev–Trinajstić information content (AvgIpc) is 2.71. The summed E-state index contributed by atoms with van der Waals surface area (Å²) >= 11 is 0. The van der Waals surface area contributed by atoms with Gasteiger partial charge >= 0.3 is 0 Å². The van der Waals surface area contributed by atoms with Gasteiger partial charge in [0.05, 0.1) is 5.69 Å². The van der Waals surface area contributed by atoms with Gasteiger partial charge in [-0.1, -0.05) is 33.1 Å². The summed E-state index contributed by atoms with van der Waals surface area (Å²) in [4.78, 5) is 0. The summed E-state index contributed by atoms with van der Waals surface area (Å²) in [6, 6.07) is 2.48. The summed E-state index contributed by atoms with van der Waals surface area (Å²) in [7, 11) is 2.03. The van der Waals surface area contributed by atoms with Crippen LogP contribution in [-0.4, -0.2) is 15.8 Å². The van der Waals surface area contributed by atoms with Gasteiger partial charge in [0.1, 0.15) is 0 Å². The maximum atomic E-state index is 6.49. The molecule has 2 N–H and O–H groups in total. The Balaban J connectivity index is 2.05. The van der Waals surface area contributed by atoms with Crippen LogP contribution in [0.25, 0.3) is 0 Å². The number of nitrogens with two attached hydrogens (primary N) is 1. The van der Waals surface area contributed by atoms with Crippen LogP contribution < -0.4 is 5.73 Å². The minimum Gasteiger partial charge on any atom is -0.327 e. The van der Waals surface area contributed by atoms with Gasteiger partial charge in [0.2, 0.25) is 0 Å². The van der Waals surface area contributed by atoms with Crippen LogP contribution in [0, 0.1) is 5.41 Å². The van der Waals surface area contributed by atoms with Crippen LogP contribution in [0.4, 0.5) is 0 Å². The minimum absolute atomic E-state index is 0.262. The number of aromatic nitrogens is 2. The fourth-order valence-electron chi connectivity index (χ4n) is 3.14. The van der Waals surface area contributed by atoms with E-state index in [0.717, 1.165) is 12.8 Å². The maximum Gasteiger partial charge on any atom is 0.0624 e. The predicted molar refractivity (Wildman–Crippen MR) is 75.5 cm³/mol. The normalized spacial score (nSPS) is 20.9. The quantitative estimate of drug-likeness (QED) is 0.891. The van der Waals surface area contributed by atoms with Crippen LogP contribution in [-0.2, 0) is 19.9 Å². The fourth-order valence-corrected chi connectivity index (χ4v) is 3.14. The first kappa shape index (κ1) is 13.6. The molecule has 1 unspecified atom stereocenters. The van der Waals surface area contributed by atoms with Crippen molar-refractivity contribution < 1.29 is 0 Å². The van der Waals surface area contributed by atoms with Crippen LogP contribution in [0.15, 0.2) is 6.07 Å². The second-order valence-corrected chi connectivity index (χ2v) is 6.13. The lowest BCUT2D eigenvalue weighted by molar-refractivity contribution is 0.167. The molecule has 3 heteroatoms. The first-order chi connectivity index (χ1) is 8.55. The third-order valence-electron chi connectivity index (χ3n) is 4.71. The Labute approximate surface area is 111 Å². The third-order valence-corrected chi connectivity index (χ3v) is 4.71. The summed E-state index contributed by atoms with van der Waals surface area (Å²) in [6.45, 7) is 4.52. The molecule has 1 heterocycles. The van der Waals surface area contributed by atoms with E-state index in [4.69, 9.17) is 5.73 Å². The van der Waals surface area contributed by atoms with Gasteiger partial charge in [0, 0.05) is 25.2 Å². The Morgan fingerprint density at radius 1 is 1.39 bits per heavy atom. The standard InChI is InChI=1S/C15H27N3/c1-4-12-10-13(18(3)17-12)11-14(16)15(2)8-6-5-7-9-15/h10,14H,4-9,11,16H2,1-3H3. The molecule has 0 saturated heterocycles.